The lowest BCUT2D eigenvalue weighted by Gasteiger charge is -2.59. The van der Waals surface area contributed by atoms with Crippen LogP contribution in [0.15, 0.2) is 12.2 Å². The monoisotopic (exact) mass is 360 g/mol. The quantitative estimate of drug-likeness (QED) is 0.389. The van der Waals surface area contributed by atoms with Gasteiger partial charge in [-0.1, -0.05) is 65.5 Å². The zero-order valence-electron chi connectivity index (χ0n) is 16.1. The molecule has 0 heterocycles. The molecule has 2 nitrogen and oxygen atoms in total. The van der Waals surface area contributed by atoms with Crippen molar-refractivity contribution in [3.63, 3.8) is 0 Å². The van der Waals surface area contributed by atoms with Crippen LogP contribution in [0.5, 0.6) is 0 Å². The number of ether oxygens (including phenoxy) is 1. The Hall–Kier alpha value is 0.0775. The molecule has 0 radical (unpaired) electrons. The van der Waals surface area contributed by atoms with Gasteiger partial charge in [0.05, 0.1) is 12.4 Å². The zero-order valence-corrected chi connectivity index (χ0v) is 20.1. The molecule has 0 spiro atoms. The van der Waals surface area contributed by atoms with Crippen LogP contribution < -0.4 is 0 Å². The second-order valence-corrected chi connectivity index (χ2v) is 50.4. The van der Waals surface area contributed by atoms with Gasteiger partial charge in [-0.15, -0.1) is 0 Å². The summed E-state index contributed by atoms with van der Waals surface area (Å²) in [4.78, 5) is 12.1. The van der Waals surface area contributed by atoms with Gasteiger partial charge in [0.2, 0.25) is 0 Å². The number of carbonyl (C=O) groups is 1. The molecule has 0 aliphatic carbocycles. The number of hydrogen-bond acceptors (Lipinski definition) is 2. The first kappa shape index (κ1) is 21.1. The first-order valence-electron chi connectivity index (χ1n) is 7.86. The van der Waals surface area contributed by atoms with E-state index in [9.17, 15) is 4.79 Å². The van der Waals surface area contributed by atoms with E-state index in [0.29, 0.717) is 5.57 Å². The molecule has 0 aromatic rings. The molecule has 0 amide bonds. The molecular formula is C15H36O2Si4. The van der Waals surface area contributed by atoms with Gasteiger partial charge in [0.15, 0.2) is 0 Å². The van der Waals surface area contributed by atoms with Crippen LogP contribution in [0.2, 0.25) is 58.9 Å². The number of esters is 1. The standard InChI is InChI=1S/C15H36O2Si4/c1-13(2)15(16)17-14(3)21(18(4,5)6,19(7,8)9)20(10,11)12/h14H,1H2,2-12H3. The molecule has 0 saturated heterocycles. The topological polar surface area (TPSA) is 26.3 Å². The molecule has 1 unspecified atom stereocenters. The fourth-order valence-corrected chi connectivity index (χ4v) is 109. The van der Waals surface area contributed by atoms with Crippen LogP contribution in [0.4, 0.5) is 0 Å². The van der Waals surface area contributed by atoms with Gasteiger partial charge in [-0.25, -0.2) is 4.79 Å². The highest BCUT2D eigenvalue weighted by atomic mass is 29.9. The highest BCUT2D eigenvalue weighted by Gasteiger charge is 2.65. The SMILES string of the molecule is C=C(C)C(=O)OC(C)[Si]([Si](C)(C)C)([Si](C)(C)C)[Si](C)(C)C. The summed E-state index contributed by atoms with van der Waals surface area (Å²) in [6, 6.07) is 0. The fraction of sp³-hybridized carbons (Fsp3) is 0.800. The first-order chi connectivity index (χ1) is 9.00. The van der Waals surface area contributed by atoms with Crippen LogP contribution in [0, 0.1) is 0 Å². The normalized spacial score (nSPS) is 15.6. The van der Waals surface area contributed by atoms with Gasteiger partial charge in [0, 0.05) is 28.3 Å². The predicted octanol–water partition coefficient (Wildman–Crippen LogP) is 4.73. The average Bonchev–Trinajstić information content (AvgIpc) is 2.09. The molecule has 0 aliphatic rings. The molecule has 124 valence electrons. The van der Waals surface area contributed by atoms with Crippen LogP contribution in [0.25, 0.3) is 0 Å². The largest absolute Gasteiger partial charge is 0.464 e. The van der Waals surface area contributed by atoms with Gasteiger partial charge in [-0.05, 0) is 13.8 Å². The average molecular weight is 361 g/mol. The van der Waals surface area contributed by atoms with Crippen LogP contribution in [-0.2, 0) is 9.53 Å². The summed E-state index contributed by atoms with van der Waals surface area (Å²) >= 11 is 0. The van der Waals surface area contributed by atoms with Gasteiger partial charge in [0.1, 0.15) is 0 Å². The van der Waals surface area contributed by atoms with E-state index in [0.717, 1.165) is 0 Å². The van der Waals surface area contributed by atoms with Crippen molar-refractivity contribution in [3.8, 4) is 0 Å². The van der Waals surface area contributed by atoms with Gasteiger partial charge in [0.25, 0.3) is 0 Å². The molecule has 1 atom stereocenters. The maximum atomic E-state index is 12.1. The van der Waals surface area contributed by atoms with Crippen molar-refractivity contribution in [2.24, 2.45) is 0 Å². The molecular weight excluding hydrogens is 325 g/mol. The summed E-state index contributed by atoms with van der Waals surface area (Å²) in [5, 5.41) is 0. The van der Waals surface area contributed by atoms with Crippen molar-refractivity contribution < 1.29 is 9.53 Å². The highest BCUT2D eigenvalue weighted by molar-refractivity contribution is 7.89. The zero-order chi connectivity index (χ0) is 17.4. The maximum absolute atomic E-state index is 12.1. The van der Waals surface area contributed by atoms with Gasteiger partial charge in [-0.3, -0.25) is 0 Å². The Bertz CT molecular complexity index is 375. The maximum Gasteiger partial charge on any atom is 0.333 e. The van der Waals surface area contributed by atoms with E-state index in [4.69, 9.17) is 4.74 Å². The molecule has 0 saturated carbocycles. The third-order valence-corrected chi connectivity index (χ3v) is 78.7. The first-order valence-corrected chi connectivity index (χ1v) is 23.4. The lowest BCUT2D eigenvalue weighted by Crippen LogP contribution is -2.87. The number of carbonyl (C=O) groups excluding carboxylic acids is 1. The van der Waals surface area contributed by atoms with E-state index in [1.54, 1.807) is 6.92 Å². The van der Waals surface area contributed by atoms with Crippen molar-refractivity contribution in [2.75, 3.05) is 0 Å². The summed E-state index contributed by atoms with van der Waals surface area (Å²) in [7, 11) is -4.25. The summed E-state index contributed by atoms with van der Waals surface area (Å²) in [5.74, 6) is -0.200. The molecule has 21 heavy (non-hydrogen) atoms. The Morgan fingerprint density at radius 1 is 0.857 bits per heavy atom. The Morgan fingerprint density at radius 2 is 1.14 bits per heavy atom. The molecule has 0 fully saturated rings. The Kier molecular flexibility index (Phi) is 6.32. The van der Waals surface area contributed by atoms with Crippen molar-refractivity contribution in [1.29, 1.82) is 0 Å². The predicted molar refractivity (Wildman–Crippen MR) is 106 cm³/mol. The van der Waals surface area contributed by atoms with Crippen molar-refractivity contribution in [1.82, 2.24) is 0 Å². The smallest absolute Gasteiger partial charge is 0.333 e. The molecule has 0 bridgehead atoms. The molecule has 0 aliphatic heterocycles. The van der Waals surface area contributed by atoms with Crippen molar-refractivity contribution >= 4 is 35.4 Å². The van der Waals surface area contributed by atoms with Crippen molar-refractivity contribution in [2.45, 2.75) is 78.5 Å². The lowest BCUT2D eigenvalue weighted by atomic mass is 10.4. The molecule has 0 rings (SSSR count). The van der Waals surface area contributed by atoms with Crippen molar-refractivity contribution in [3.05, 3.63) is 12.2 Å². The molecule has 0 N–H and O–H groups in total. The Morgan fingerprint density at radius 3 is 1.33 bits per heavy atom. The Labute approximate surface area is 135 Å². The summed E-state index contributed by atoms with van der Waals surface area (Å²) in [6.07, 6.45) is 0. The molecule has 0 aromatic carbocycles. The third kappa shape index (κ3) is 3.89. The van der Waals surface area contributed by atoms with E-state index in [1.807, 2.05) is 0 Å². The minimum Gasteiger partial charge on any atom is -0.464 e. The minimum atomic E-state index is -1.68. The van der Waals surface area contributed by atoms with Gasteiger partial charge in [-0.2, -0.15) is 0 Å². The summed E-state index contributed by atoms with van der Waals surface area (Å²) < 4.78 is 5.98. The highest BCUT2D eigenvalue weighted by Crippen LogP contribution is 2.40. The van der Waals surface area contributed by atoms with Crippen LogP contribution >= 0.6 is 0 Å². The van der Waals surface area contributed by atoms with Crippen LogP contribution in [-0.4, -0.2) is 41.1 Å². The fourth-order valence-electron chi connectivity index (χ4n) is 5.55. The number of hydrogen-bond donors (Lipinski definition) is 0. The van der Waals surface area contributed by atoms with E-state index in [1.165, 1.54) is 0 Å². The van der Waals surface area contributed by atoms with E-state index in [-0.39, 0.29) is 11.7 Å². The third-order valence-electron chi connectivity index (χ3n) is 4.79. The number of rotatable bonds is 6. The van der Waals surface area contributed by atoms with Gasteiger partial charge < -0.3 is 4.74 Å². The summed E-state index contributed by atoms with van der Waals surface area (Å²) in [5.41, 5.74) is 0.637. The van der Waals surface area contributed by atoms with Gasteiger partial charge >= 0.3 is 5.97 Å². The van der Waals surface area contributed by atoms with E-state index < -0.39 is 29.4 Å². The summed E-state index contributed by atoms with van der Waals surface area (Å²) in [6.45, 7) is 28.6. The molecule has 6 heteroatoms. The Balaban J connectivity index is 6.17. The molecule has 0 aromatic heterocycles. The lowest BCUT2D eigenvalue weighted by molar-refractivity contribution is -0.140. The minimum absolute atomic E-state index is 0.117. The van der Waals surface area contributed by atoms with Crippen LogP contribution in [0.3, 0.4) is 0 Å². The second kappa shape index (κ2) is 6.29. The van der Waals surface area contributed by atoms with E-state index in [2.05, 4.69) is 72.4 Å². The van der Waals surface area contributed by atoms with E-state index >= 15 is 0 Å². The van der Waals surface area contributed by atoms with Crippen LogP contribution in [0.1, 0.15) is 13.8 Å². The second-order valence-electron chi connectivity index (χ2n) is 9.39.